The highest BCUT2D eigenvalue weighted by Gasteiger charge is 2.06. The topological polar surface area (TPSA) is 33.1 Å². The summed E-state index contributed by atoms with van der Waals surface area (Å²) in [5.41, 5.74) is 3.47. The van der Waals surface area contributed by atoms with Gasteiger partial charge in [0.05, 0.1) is 17.6 Å². The number of anilines is 2. The summed E-state index contributed by atoms with van der Waals surface area (Å²) in [4.78, 5) is 2.10. The first-order valence-electron chi connectivity index (χ1n) is 6.71. The molecule has 0 aliphatic rings. The average molecular weight is 337 g/mol. The third-order valence-electron chi connectivity index (χ3n) is 3.11. The molecule has 0 amide bonds. The van der Waals surface area contributed by atoms with Gasteiger partial charge < -0.3 is 10.2 Å². The van der Waals surface area contributed by atoms with Crippen LogP contribution in [0.15, 0.2) is 35.1 Å². The molecule has 0 radical (unpaired) electrons. The maximum Gasteiger partial charge on any atom is 0.0597 e. The molecule has 108 valence electrons. The predicted octanol–water partition coefficient (Wildman–Crippen LogP) is 3.90. The highest BCUT2D eigenvalue weighted by Crippen LogP contribution is 2.28. The maximum atomic E-state index is 4.36. The molecule has 1 aromatic carbocycles. The smallest absolute Gasteiger partial charge is 0.0597 e. The van der Waals surface area contributed by atoms with Gasteiger partial charge in [0.25, 0.3) is 0 Å². The Bertz CT molecular complexity index is 575. The van der Waals surface area contributed by atoms with Crippen molar-refractivity contribution in [3.05, 3.63) is 40.6 Å². The summed E-state index contributed by atoms with van der Waals surface area (Å²) < 4.78 is 3.05. The van der Waals surface area contributed by atoms with Crippen LogP contribution in [-0.4, -0.2) is 23.9 Å². The predicted molar refractivity (Wildman–Crippen MR) is 88.4 cm³/mol. The number of nitrogens with zero attached hydrogens (tertiary/aromatic N) is 3. The quantitative estimate of drug-likeness (QED) is 0.898. The van der Waals surface area contributed by atoms with Crippen LogP contribution in [-0.2, 0) is 6.54 Å². The van der Waals surface area contributed by atoms with E-state index in [-0.39, 0.29) is 0 Å². The summed E-state index contributed by atoms with van der Waals surface area (Å²) in [7, 11) is 4.09. The second-order valence-corrected chi connectivity index (χ2v) is 6.25. The molecule has 20 heavy (non-hydrogen) atoms. The third kappa shape index (κ3) is 3.54. The van der Waals surface area contributed by atoms with Gasteiger partial charge in [0.15, 0.2) is 0 Å². The van der Waals surface area contributed by atoms with Gasteiger partial charge in [-0.2, -0.15) is 5.10 Å². The minimum absolute atomic E-state index is 0.395. The minimum atomic E-state index is 0.395. The van der Waals surface area contributed by atoms with Gasteiger partial charge >= 0.3 is 0 Å². The fourth-order valence-electron chi connectivity index (χ4n) is 1.99. The average Bonchev–Trinajstić information content (AvgIpc) is 2.85. The first-order chi connectivity index (χ1) is 9.47. The molecule has 0 atom stereocenters. The Morgan fingerprint density at radius 3 is 2.70 bits per heavy atom. The number of hydrogen-bond donors (Lipinski definition) is 1. The van der Waals surface area contributed by atoms with Crippen LogP contribution in [0.1, 0.15) is 25.5 Å². The number of hydrogen-bond acceptors (Lipinski definition) is 3. The Balaban J connectivity index is 2.11. The molecule has 1 heterocycles. The molecule has 0 fully saturated rings. The van der Waals surface area contributed by atoms with Crippen LogP contribution in [0.5, 0.6) is 0 Å². The molecule has 1 aromatic heterocycles. The second kappa shape index (κ2) is 6.31. The van der Waals surface area contributed by atoms with Crippen molar-refractivity contribution in [1.82, 2.24) is 9.78 Å². The molecule has 0 aliphatic carbocycles. The molecule has 0 bridgehead atoms. The van der Waals surface area contributed by atoms with Crippen LogP contribution in [0.2, 0.25) is 0 Å². The van der Waals surface area contributed by atoms with Gasteiger partial charge in [-0.25, -0.2) is 0 Å². The van der Waals surface area contributed by atoms with Crippen molar-refractivity contribution >= 4 is 27.3 Å². The number of aromatic nitrogens is 2. The van der Waals surface area contributed by atoms with E-state index >= 15 is 0 Å². The second-order valence-electron chi connectivity index (χ2n) is 5.33. The van der Waals surface area contributed by atoms with Crippen molar-refractivity contribution in [1.29, 1.82) is 0 Å². The molecular formula is C15H21BrN4. The van der Waals surface area contributed by atoms with Crippen LogP contribution in [0.25, 0.3) is 0 Å². The molecule has 5 heteroatoms. The Labute approximate surface area is 128 Å². The SMILES string of the molecule is CC(C)n1cc(CNc2cc(Br)ccc2N(C)C)cn1. The Kier molecular flexibility index (Phi) is 4.70. The molecule has 0 spiro atoms. The fourth-order valence-corrected chi connectivity index (χ4v) is 2.35. The Hall–Kier alpha value is -1.49. The van der Waals surface area contributed by atoms with E-state index in [0.717, 1.165) is 16.7 Å². The minimum Gasteiger partial charge on any atom is -0.379 e. The van der Waals surface area contributed by atoms with Gasteiger partial charge in [0, 0.05) is 42.9 Å². The first kappa shape index (κ1) is 14.9. The van der Waals surface area contributed by atoms with Crippen molar-refractivity contribution in [2.75, 3.05) is 24.3 Å². The largest absolute Gasteiger partial charge is 0.379 e. The lowest BCUT2D eigenvalue weighted by molar-refractivity contribution is 0.532. The molecule has 0 saturated carbocycles. The van der Waals surface area contributed by atoms with Crippen molar-refractivity contribution in [3.63, 3.8) is 0 Å². The number of benzene rings is 1. The molecule has 2 rings (SSSR count). The molecular weight excluding hydrogens is 316 g/mol. The lowest BCUT2D eigenvalue weighted by atomic mass is 10.2. The van der Waals surface area contributed by atoms with E-state index < -0.39 is 0 Å². The van der Waals surface area contributed by atoms with Crippen LogP contribution < -0.4 is 10.2 Å². The van der Waals surface area contributed by atoms with E-state index in [1.807, 2.05) is 25.0 Å². The zero-order valence-electron chi connectivity index (χ0n) is 12.4. The van der Waals surface area contributed by atoms with E-state index in [9.17, 15) is 0 Å². The van der Waals surface area contributed by atoms with E-state index in [2.05, 4.69) is 69.5 Å². The number of nitrogens with one attached hydrogen (secondary N) is 1. The van der Waals surface area contributed by atoms with Gasteiger partial charge in [-0.05, 0) is 32.0 Å². The highest BCUT2D eigenvalue weighted by molar-refractivity contribution is 9.10. The van der Waals surface area contributed by atoms with Gasteiger partial charge in [0.2, 0.25) is 0 Å². The summed E-state index contributed by atoms with van der Waals surface area (Å²) in [5.74, 6) is 0. The first-order valence-corrected chi connectivity index (χ1v) is 7.50. The van der Waals surface area contributed by atoms with E-state index in [1.54, 1.807) is 0 Å². The van der Waals surface area contributed by atoms with Crippen LogP contribution >= 0.6 is 15.9 Å². The fraction of sp³-hybridized carbons (Fsp3) is 0.400. The number of rotatable bonds is 5. The monoisotopic (exact) mass is 336 g/mol. The molecule has 0 aliphatic heterocycles. The van der Waals surface area contributed by atoms with E-state index in [1.165, 1.54) is 11.3 Å². The summed E-state index contributed by atoms with van der Waals surface area (Å²) in [6.45, 7) is 5.02. The van der Waals surface area contributed by atoms with Crippen molar-refractivity contribution in [2.24, 2.45) is 0 Å². The Morgan fingerprint density at radius 2 is 2.10 bits per heavy atom. The summed E-state index contributed by atoms with van der Waals surface area (Å²) in [5, 5.41) is 7.84. The molecule has 0 unspecified atom stereocenters. The van der Waals surface area contributed by atoms with Crippen LogP contribution in [0.3, 0.4) is 0 Å². The van der Waals surface area contributed by atoms with Crippen LogP contribution in [0, 0.1) is 0 Å². The van der Waals surface area contributed by atoms with Gasteiger partial charge in [-0.1, -0.05) is 15.9 Å². The van der Waals surface area contributed by atoms with Gasteiger partial charge in [0.1, 0.15) is 0 Å². The lowest BCUT2D eigenvalue weighted by Gasteiger charge is -2.18. The molecule has 1 N–H and O–H groups in total. The Morgan fingerprint density at radius 1 is 1.35 bits per heavy atom. The lowest BCUT2D eigenvalue weighted by Crippen LogP contribution is -2.12. The normalized spacial score (nSPS) is 10.9. The molecule has 2 aromatic rings. The molecule has 0 saturated heterocycles. The van der Waals surface area contributed by atoms with Gasteiger partial charge in [-0.3, -0.25) is 4.68 Å². The number of halogens is 1. The maximum absolute atomic E-state index is 4.36. The van der Waals surface area contributed by atoms with Gasteiger partial charge in [-0.15, -0.1) is 0 Å². The summed E-state index contributed by atoms with van der Waals surface area (Å²) in [6.07, 6.45) is 4.01. The summed E-state index contributed by atoms with van der Waals surface area (Å²) in [6, 6.07) is 6.65. The highest BCUT2D eigenvalue weighted by atomic mass is 79.9. The van der Waals surface area contributed by atoms with Crippen molar-refractivity contribution in [2.45, 2.75) is 26.4 Å². The summed E-state index contributed by atoms with van der Waals surface area (Å²) >= 11 is 3.52. The molecule has 4 nitrogen and oxygen atoms in total. The standard InChI is InChI=1S/C15H21BrN4/c1-11(2)20-10-12(9-18-20)8-17-14-7-13(16)5-6-15(14)19(3)4/h5-7,9-11,17H,8H2,1-4H3. The zero-order chi connectivity index (χ0) is 14.7. The third-order valence-corrected chi connectivity index (χ3v) is 3.60. The van der Waals surface area contributed by atoms with Crippen molar-refractivity contribution in [3.8, 4) is 0 Å². The van der Waals surface area contributed by atoms with Crippen molar-refractivity contribution < 1.29 is 0 Å². The van der Waals surface area contributed by atoms with E-state index in [4.69, 9.17) is 0 Å². The van der Waals surface area contributed by atoms with Crippen LogP contribution in [0.4, 0.5) is 11.4 Å². The zero-order valence-corrected chi connectivity index (χ0v) is 14.0. The van der Waals surface area contributed by atoms with E-state index in [0.29, 0.717) is 6.04 Å².